The van der Waals surface area contributed by atoms with E-state index >= 15 is 0 Å². The maximum atomic E-state index is 14.5. The first-order chi connectivity index (χ1) is 22.2. The van der Waals surface area contributed by atoms with E-state index in [-0.39, 0.29) is 35.9 Å². The van der Waals surface area contributed by atoms with Gasteiger partial charge in [0.25, 0.3) is 0 Å². The Bertz CT molecular complexity index is 1680. The second kappa shape index (κ2) is 12.7. The molecule has 4 aromatic rings. The molecular weight excluding hydrogens is 586 g/mol. The van der Waals surface area contributed by atoms with Crippen LogP contribution in [0.5, 0.6) is 0 Å². The van der Waals surface area contributed by atoms with Crippen molar-refractivity contribution in [3.05, 3.63) is 101 Å². The average Bonchev–Trinajstić information content (AvgIpc) is 3.79. The van der Waals surface area contributed by atoms with Crippen molar-refractivity contribution in [2.24, 2.45) is 13.0 Å². The molecule has 3 aliphatic rings. The number of rotatable bonds is 7. The molecule has 4 heterocycles. The van der Waals surface area contributed by atoms with Crippen molar-refractivity contribution in [1.29, 1.82) is 0 Å². The minimum Gasteiger partial charge on any atom is -0.339 e. The Balaban J connectivity index is 1.03. The van der Waals surface area contributed by atoms with Gasteiger partial charge >= 0.3 is 0 Å². The van der Waals surface area contributed by atoms with Crippen molar-refractivity contribution in [2.45, 2.75) is 70.2 Å². The lowest BCUT2D eigenvalue weighted by atomic mass is 9.87. The number of aryl methyl sites for hydroxylation is 1. The molecule has 46 heavy (non-hydrogen) atoms. The zero-order valence-electron chi connectivity index (χ0n) is 26.8. The summed E-state index contributed by atoms with van der Waals surface area (Å²) in [5.74, 6) is -0.958. The standard InChI is InChI=1S/C35H42F2N8O/c1-23-16-43(35(46)31-22-42(18-25-8-5-4-6-9-25)21-30(31)33-12-13-41(3)39-33)17-24(2)44(23)19-27-20-45(40-38-27)34-11-7-10-28-29(34)14-26(36)15-32(28)37/h4-6,8-9,12-15,20,23-24,30-31,34H,7,10-11,16-19,21-22H2,1-3H3/t23-,24+,30?,31?,34-/m1/s1. The largest absolute Gasteiger partial charge is 0.339 e. The van der Waals surface area contributed by atoms with E-state index in [0.29, 0.717) is 43.7 Å². The number of fused-ring (bicyclic) bond motifs is 1. The number of carbonyl (C=O) groups excluding carboxylic acids is 1. The third kappa shape index (κ3) is 6.10. The van der Waals surface area contributed by atoms with Crippen LogP contribution in [0.1, 0.15) is 66.7 Å². The van der Waals surface area contributed by atoms with Gasteiger partial charge < -0.3 is 4.90 Å². The first-order valence-corrected chi connectivity index (χ1v) is 16.4. The lowest BCUT2D eigenvalue weighted by Crippen LogP contribution is -2.58. The summed E-state index contributed by atoms with van der Waals surface area (Å²) < 4.78 is 32.2. The highest BCUT2D eigenvalue weighted by atomic mass is 19.1. The molecule has 1 aliphatic carbocycles. The Morgan fingerprint density at radius 2 is 1.76 bits per heavy atom. The zero-order valence-corrected chi connectivity index (χ0v) is 26.8. The number of likely N-dealkylation sites (tertiary alicyclic amines) is 1. The fraction of sp³-hybridized carbons (Fsp3) is 0.486. The van der Waals surface area contributed by atoms with Gasteiger partial charge in [-0.3, -0.25) is 19.3 Å². The van der Waals surface area contributed by atoms with Crippen molar-refractivity contribution in [1.82, 2.24) is 39.5 Å². The van der Waals surface area contributed by atoms with E-state index in [4.69, 9.17) is 5.10 Å². The summed E-state index contributed by atoms with van der Waals surface area (Å²) in [4.78, 5) is 21.1. The first kappa shape index (κ1) is 30.7. The van der Waals surface area contributed by atoms with Crippen molar-refractivity contribution >= 4 is 5.91 Å². The molecule has 11 heteroatoms. The molecule has 0 radical (unpaired) electrons. The lowest BCUT2D eigenvalue weighted by Gasteiger charge is -2.45. The Morgan fingerprint density at radius 1 is 0.978 bits per heavy atom. The summed E-state index contributed by atoms with van der Waals surface area (Å²) in [5.41, 5.74) is 4.27. The number of benzene rings is 2. The maximum Gasteiger partial charge on any atom is 0.227 e. The zero-order chi connectivity index (χ0) is 31.9. The first-order valence-electron chi connectivity index (χ1n) is 16.4. The predicted octanol–water partition coefficient (Wildman–Crippen LogP) is 4.55. The monoisotopic (exact) mass is 628 g/mol. The highest BCUT2D eigenvalue weighted by Crippen LogP contribution is 2.36. The topological polar surface area (TPSA) is 75.3 Å². The lowest BCUT2D eigenvalue weighted by molar-refractivity contribution is -0.140. The quantitative estimate of drug-likeness (QED) is 0.299. The van der Waals surface area contributed by atoms with Gasteiger partial charge in [0.1, 0.15) is 11.6 Å². The van der Waals surface area contributed by atoms with Crippen molar-refractivity contribution in [2.75, 3.05) is 26.2 Å². The molecule has 0 bridgehead atoms. The summed E-state index contributed by atoms with van der Waals surface area (Å²) in [5, 5.41) is 13.6. The van der Waals surface area contributed by atoms with Crippen molar-refractivity contribution in [3.8, 4) is 0 Å². The number of aromatic nitrogens is 5. The molecule has 2 unspecified atom stereocenters. The van der Waals surface area contributed by atoms with Crippen LogP contribution in [0.4, 0.5) is 8.78 Å². The van der Waals surface area contributed by atoms with E-state index in [2.05, 4.69) is 63.1 Å². The number of nitrogens with zero attached hydrogens (tertiary/aromatic N) is 8. The van der Waals surface area contributed by atoms with Crippen LogP contribution in [0.25, 0.3) is 0 Å². The molecule has 0 spiro atoms. The van der Waals surface area contributed by atoms with E-state index in [9.17, 15) is 13.6 Å². The summed E-state index contributed by atoms with van der Waals surface area (Å²) >= 11 is 0. The van der Waals surface area contributed by atoms with Gasteiger partial charge in [0.05, 0.1) is 29.5 Å². The fourth-order valence-corrected chi connectivity index (χ4v) is 7.93. The normalized spacial score (nSPS) is 25.6. The van der Waals surface area contributed by atoms with E-state index in [1.807, 2.05) is 36.3 Å². The van der Waals surface area contributed by atoms with Crippen LogP contribution in [0.2, 0.25) is 0 Å². The highest BCUT2D eigenvalue weighted by Gasteiger charge is 2.43. The van der Waals surface area contributed by atoms with Gasteiger partial charge in [0, 0.05) is 76.6 Å². The SMILES string of the molecule is C[C@@H]1CN(C(=O)C2CN(Cc3ccccc3)CC2c2ccn(C)n2)C[C@H](C)N1Cc1cn([C@@H]2CCCc3c(F)cc(F)cc32)nn1. The van der Waals surface area contributed by atoms with Gasteiger partial charge in [-0.05, 0) is 61.9 Å². The molecule has 1 amide bonds. The Hall–Kier alpha value is -3.96. The van der Waals surface area contributed by atoms with Gasteiger partial charge in [-0.2, -0.15) is 5.10 Å². The summed E-state index contributed by atoms with van der Waals surface area (Å²) in [7, 11) is 1.92. The maximum absolute atomic E-state index is 14.5. The molecule has 0 saturated carbocycles. The molecule has 2 fully saturated rings. The van der Waals surface area contributed by atoms with Crippen LogP contribution < -0.4 is 0 Å². The summed E-state index contributed by atoms with van der Waals surface area (Å²) in [6, 6.07) is 14.9. The van der Waals surface area contributed by atoms with Crippen LogP contribution in [0.3, 0.4) is 0 Å². The van der Waals surface area contributed by atoms with Gasteiger partial charge in [-0.15, -0.1) is 5.10 Å². The molecular formula is C35H42F2N8O. The molecule has 242 valence electrons. The molecule has 2 saturated heterocycles. The number of hydrogen-bond acceptors (Lipinski definition) is 6. The van der Waals surface area contributed by atoms with Gasteiger partial charge in [-0.1, -0.05) is 35.5 Å². The molecule has 5 atom stereocenters. The van der Waals surface area contributed by atoms with Crippen molar-refractivity contribution in [3.63, 3.8) is 0 Å². The third-order valence-corrected chi connectivity index (χ3v) is 10.2. The Kier molecular flexibility index (Phi) is 8.46. The summed E-state index contributed by atoms with van der Waals surface area (Å²) in [6.45, 7) is 8.50. The number of amides is 1. The molecule has 7 rings (SSSR count). The second-order valence-corrected chi connectivity index (χ2v) is 13.5. The molecule has 2 aliphatic heterocycles. The van der Waals surface area contributed by atoms with Crippen LogP contribution in [-0.4, -0.2) is 83.6 Å². The van der Waals surface area contributed by atoms with Crippen LogP contribution in [0.15, 0.2) is 60.9 Å². The number of halogens is 2. The number of hydrogen-bond donors (Lipinski definition) is 0. The Labute approximate surface area is 268 Å². The number of carbonyl (C=O) groups is 1. The van der Waals surface area contributed by atoms with E-state index in [1.165, 1.54) is 11.6 Å². The number of piperazine rings is 1. The molecule has 2 aromatic carbocycles. The minimum absolute atomic E-state index is 0.0444. The molecule has 0 N–H and O–H groups in total. The smallest absolute Gasteiger partial charge is 0.227 e. The highest BCUT2D eigenvalue weighted by molar-refractivity contribution is 5.81. The van der Waals surface area contributed by atoms with Gasteiger partial charge in [0.15, 0.2) is 0 Å². The van der Waals surface area contributed by atoms with E-state index in [0.717, 1.165) is 43.4 Å². The second-order valence-electron chi connectivity index (χ2n) is 13.5. The molecule has 2 aromatic heterocycles. The Morgan fingerprint density at radius 3 is 2.50 bits per heavy atom. The fourth-order valence-electron chi connectivity index (χ4n) is 7.93. The molecule has 9 nitrogen and oxygen atoms in total. The van der Waals surface area contributed by atoms with E-state index < -0.39 is 11.6 Å². The summed E-state index contributed by atoms with van der Waals surface area (Å²) in [6.07, 6.45) is 6.05. The van der Waals surface area contributed by atoms with Gasteiger partial charge in [0.2, 0.25) is 5.91 Å². The van der Waals surface area contributed by atoms with Crippen LogP contribution in [0, 0.1) is 17.6 Å². The minimum atomic E-state index is -0.564. The van der Waals surface area contributed by atoms with Crippen LogP contribution in [-0.2, 0) is 31.4 Å². The van der Waals surface area contributed by atoms with E-state index in [1.54, 1.807) is 4.68 Å². The van der Waals surface area contributed by atoms with Gasteiger partial charge in [-0.25, -0.2) is 13.5 Å². The predicted molar refractivity (Wildman–Crippen MR) is 170 cm³/mol. The van der Waals surface area contributed by atoms with Crippen LogP contribution >= 0.6 is 0 Å². The third-order valence-electron chi connectivity index (χ3n) is 10.2. The average molecular weight is 629 g/mol. The van der Waals surface area contributed by atoms with Crippen molar-refractivity contribution < 1.29 is 13.6 Å².